The van der Waals surface area contributed by atoms with E-state index < -0.39 is 23.4 Å². The van der Waals surface area contributed by atoms with Gasteiger partial charge >= 0.3 is 11.9 Å². The predicted octanol–water partition coefficient (Wildman–Crippen LogP) is 0.362. The Morgan fingerprint density at radius 1 is 1.50 bits per heavy atom. The lowest BCUT2D eigenvalue weighted by Gasteiger charge is -2.29. The molecule has 1 rings (SSSR count). The largest absolute Gasteiger partial charge is 0.479 e. The lowest BCUT2D eigenvalue weighted by Crippen LogP contribution is -2.44. The van der Waals surface area contributed by atoms with Crippen molar-refractivity contribution in [1.82, 2.24) is 0 Å². The third kappa shape index (κ3) is 1.66. The zero-order chi connectivity index (χ0) is 12.3. The Bertz CT molecular complexity index is 440. The maximum atomic E-state index is 11.1. The lowest BCUT2D eigenvalue weighted by atomic mass is 9.77. The van der Waals surface area contributed by atoms with Gasteiger partial charge in [-0.05, 0) is 6.08 Å². The van der Waals surface area contributed by atoms with Crippen LogP contribution in [0, 0.1) is 5.92 Å². The summed E-state index contributed by atoms with van der Waals surface area (Å²) in [5.41, 5.74) is -1.98. The number of carboxylic acid groups (broad SMARTS) is 2. The first-order chi connectivity index (χ1) is 7.45. The van der Waals surface area contributed by atoms with Crippen LogP contribution in [-0.4, -0.2) is 33.8 Å². The molecule has 6 heteroatoms. The zero-order valence-electron chi connectivity index (χ0n) is 8.38. The van der Waals surface area contributed by atoms with Gasteiger partial charge in [0.15, 0.2) is 5.54 Å². The van der Waals surface area contributed by atoms with E-state index in [1.54, 1.807) is 0 Å². The summed E-state index contributed by atoms with van der Waals surface area (Å²) >= 11 is 0. The van der Waals surface area contributed by atoms with Crippen molar-refractivity contribution < 1.29 is 24.6 Å². The van der Waals surface area contributed by atoms with Crippen molar-refractivity contribution in [2.45, 2.75) is 12.5 Å². The topological polar surface area (TPSA) is 104 Å². The molecule has 1 aliphatic carbocycles. The molecule has 0 spiro atoms. The summed E-state index contributed by atoms with van der Waals surface area (Å²) in [4.78, 5) is 35.4. The van der Waals surface area contributed by atoms with Crippen LogP contribution in [0.4, 0.5) is 0 Å². The Balaban J connectivity index is 3.32. The molecule has 0 radical (unpaired) electrons. The number of carboxylic acids is 2. The Morgan fingerprint density at radius 2 is 2.12 bits per heavy atom. The molecule has 0 aromatic heterocycles. The van der Waals surface area contributed by atoms with Gasteiger partial charge in [-0.15, -0.1) is 0 Å². The summed E-state index contributed by atoms with van der Waals surface area (Å²) in [6.07, 6.45) is 4.90. The van der Waals surface area contributed by atoms with E-state index in [0.29, 0.717) is 0 Å². The van der Waals surface area contributed by atoms with Crippen LogP contribution in [0.3, 0.4) is 0 Å². The van der Waals surface area contributed by atoms with Gasteiger partial charge in [0.1, 0.15) is 0 Å². The number of aliphatic imine (C=N–C) groups is 1. The second kappa shape index (κ2) is 4.12. The van der Waals surface area contributed by atoms with E-state index in [1.807, 2.05) is 0 Å². The molecule has 6 nitrogen and oxygen atoms in total. The molecule has 1 aliphatic rings. The fourth-order valence-electron chi connectivity index (χ4n) is 1.59. The summed E-state index contributed by atoms with van der Waals surface area (Å²) in [5.74, 6) is -3.55. The molecule has 0 aliphatic heterocycles. The highest BCUT2D eigenvalue weighted by Gasteiger charge is 2.46. The van der Waals surface area contributed by atoms with Crippen LogP contribution >= 0.6 is 0 Å². The Morgan fingerprint density at radius 3 is 2.56 bits per heavy atom. The summed E-state index contributed by atoms with van der Waals surface area (Å²) in [6, 6.07) is 0. The minimum absolute atomic E-state index is 0.107. The lowest BCUT2D eigenvalue weighted by molar-refractivity contribution is -0.143. The third-order valence-corrected chi connectivity index (χ3v) is 2.57. The van der Waals surface area contributed by atoms with E-state index in [-0.39, 0.29) is 5.57 Å². The molecule has 0 fully saturated rings. The first-order valence-corrected chi connectivity index (χ1v) is 4.41. The van der Waals surface area contributed by atoms with Crippen LogP contribution in [0.15, 0.2) is 28.8 Å². The van der Waals surface area contributed by atoms with E-state index >= 15 is 0 Å². The first kappa shape index (κ1) is 11.9. The molecule has 0 amide bonds. The zero-order valence-corrected chi connectivity index (χ0v) is 8.38. The Labute approximate surface area is 90.6 Å². The maximum absolute atomic E-state index is 11.1. The van der Waals surface area contributed by atoms with Crippen molar-refractivity contribution in [2.24, 2.45) is 10.9 Å². The van der Waals surface area contributed by atoms with Gasteiger partial charge in [-0.1, -0.05) is 19.1 Å². The monoisotopic (exact) mass is 223 g/mol. The number of hydrogen-bond donors (Lipinski definition) is 2. The average Bonchev–Trinajstić information content (AvgIpc) is 2.20. The number of carbonyl (C=O) groups excluding carboxylic acids is 1. The van der Waals surface area contributed by atoms with Gasteiger partial charge in [-0.3, -0.25) is 0 Å². The van der Waals surface area contributed by atoms with Crippen molar-refractivity contribution in [3.05, 3.63) is 23.8 Å². The van der Waals surface area contributed by atoms with E-state index in [1.165, 1.54) is 31.2 Å². The molecule has 0 aromatic rings. The molecular weight excluding hydrogens is 214 g/mol. The fraction of sp³-hybridized carbons (Fsp3) is 0.300. The molecule has 0 aromatic carbocycles. The van der Waals surface area contributed by atoms with Gasteiger partial charge < -0.3 is 10.2 Å². The smallest absolute Gasteiger partial charge is 0.337 e. The van der Waals surface area contributed by atoms with Crippen LogP contribution in [0.2, 0.25) is 0 Å². The van der Waals surface area contributed by atoms with Crippen molar-refractivity contribution in [3.63, 3.8) is 0 Å². The Hall–Kier alpha value is -2.20. The van der Waals surface area contributed by atoms with E-state index in [2.05, 4.69) is 4.99 Å². The highest BCUT2D eigenvalue weighted by atomic mass is 16.4. The minimum atomic E-state index is -1.87. The first-order valence-electron chi connectivity index (χ1n) is 4.41. The van der Waals surface area contributed by atoms with Crippen molar-refractivity contribution >= 4 is 18.0 Å². The molecule has 2 N–H and O–H groups in total. The van der Waals surface area contributed by atoms with Gasteiger partial charge in [0, 0.05) is 11.5 Å². The quantitative estimate of drug-likeness (QED) is 0.531. The number of hydrogen-bond acceptors (Lipinski definition) is 4. The minimum Gasteiger partial charge on any atom is -0.479 e. The number of nitrogens with zero attached hydrogens (tertiary/aromatic N) is 1. The number of rotatable bonds is 3. The van der Waals surface area contributed by atoms with Crippen molar-refractivity contribution in [3.8, 4) is 0 Å². The van der Waals surface area contributed by atoms with Crippen LogP contribution < -0.4 is 0 Å². The third-order valence-electron chi connectivity index (χ3n) is 2.57. The maximum Gasteiger partial charge on any atom is 0.337 e. The molecule has 2 atom stereocenters. The van der Waals surface area contributed by atoms with Gasteiger partial charge in [0.2, 0.25) is 6.08 Å². The molecule has 0 saturated heterocycles. The second-order valence-electron chi connectivity index (χ2n) is 3.34. The standard InChI is InChI=1S/C10H9NO5/c1-6-7(8(13)14)3-2-4-10(6,9(15)16)11-5-12/h2-4,6H,1H3,(H,13,14)(H,15,16). The highest BCUT2D eigenvalue weighted by Crippen LogP contribution is 2.33. The van der Waals surface area contributed by atoms with Gasteiger partial charge in [0.25, 0.3) is 0 Å². The molecule has 0 heterocycles. The second-order valence-corrected chi connectivity index (χ2v) is 3.34. The van der Waals surface area contributed by atoms with Crippen molar-refractivity contribution in [1.29, 1.82) is 0 Å². The number of isocyanates is 1. The number of aliphatic carboxylic acids is 2. The van der Waals surface area contributed by atoms with Crippen LogP contribution in [0.5, 0.6) is 0 Å². The van der Waals surface area contributed by atoms with E-state index in [4.69, 9.17) is 10.2 Å². The van der Waals surface area contributed by atoms with Crippen LogP contribution in [-0.2, 0) is 14.4 Å². The molecule has 84 valence electrons. The number of carbonyl (C=O) groups is 2. The molecule has 2 unspecified atom stereocenters. The fourth-order valence-corrected chi connectivity index (χ4v) is 1.59. The summed E-state index contributed by atoms with van der Waals surface area (Å²) in [6.45, 7) is 1.39. The summed E-state index contributed by atoms with van der Waals surface area (Å²) in [7, 11) is 0. The van der Waals surface area contributed by atoms with Crippen LogP contribution in [0.1, 0.15) is 6.92 Å². The van der Waals surface area contributed by atoms with Gasteiger partial charge in [-0.2, -0.15) is 4.99 Å². The van der Waals surface area contributed by atoms with Crippen molar-refractivity contribution in [2.75, 3.05) is 0 Å². The molecule has 16 heavy (non-hydrogen) atoms. The van der Waals surface area contributed by atoms with Crippen LogP contribution in [0.25, 0.3) is 0 Å². The van der Waals surface area contributed by atoms with E-state index in [9.17, 15) is 14.4 Å². The van der Waals surface area contributed by atoms with E-state index in [0.717, 1.165) is 0 Å². The average molecular weight is 223 g/mol. The molecular formula is C10H9NO5. The number of allylic oxidation sites excluding steroid dienone is 2. The Kier molecular flexibility index (Phi) is 3.06. The SMILES string of the molecule is CC1C(C(=O)O)=CC=CC1(N=C=O)C(=O)O. The van der Waals surface area contributed by atoms with Gasteiger partial charge in [-0.25, -0.2) is 14.4 Å². The van der Waals surface area contributed by atoms with Gasteiger partial charge in [0.05, 0.1) is 0 Å². The summed E-state index contributed by atoms with van der Waals surface area (Å²) in [5, 5.41) is 17.9. The molecule has 0 saturated carbocycles. The summed E-state index contributed by atoms with van der Waals surface area (Å²) < 4.78 is 0. The predicted molar refractivity (Wildman–Crippen MR) is 52.5 cm³/mol. The molecule has 0 bridgehead atoms. The highest BCUT2D eigenvalue weighted by molar-refractivity contribution is 5.93. The normalized spacial score (nSPS) is 27.8.